The van der Waals surface area contributed by atoms with Gasteiger partial charge in [-0.3, -0.25) is 4.79 Å². The summed E-state index contributed by atoms with van der Waals surface area (Å²) in [5.74, 6) is 1.76. The number of amides is 1. The standard InChI is InChI=1S/C16H28N2O2.ClH/c1-2-14-10-18(6-7-20-14)16(19)13-8-11-4-3-5-12(9-13)15(11)17;/h11-15H,2-10,17H2,1H3;1H. The molecule has 3 atom stereocenters. The maximum absolute atomic E-state index is 12.8. The fourth-order valence-corrected chi connectivity index (χ4v) is 4.42. The van der Waals surface area contributed by atoms with Crippen LogP contribution in [0.3, 0.4) is 0 Å². The van der Waals surface area contributed by atoms with Gasteiger partial charge in [-0.25, -0.2) is 0 Å². The SMILES string of the molecule is CCC1CN(C(=O)C2CC3CCCC(C2)C3N)CCO1.Cl. The summed E-state index contributed by atoms with van der Waals surface area (Å²) in [6, 6.07) is 0.348. The van der Waals surface area contributed by atoms with Gasteiger partial charge in [0.05, 0.1) is 12.7 Å². The van der Waals surface area contributed by atoms with E-state index in [9.17, 15) is 4.79 Å². The third-order valence-electron chi connectivity index (χ3n) is 5.67. The van der Waals surface area contributed by atoms with E-state index in [0.29, 0.717) is 30.4 Å². The van der Waals surface area contributed by atoms with Crippen LogP contribution in [0.25, 0.3) is 0 Å². The second kappa shape index (κ2) is 7.30. The van der Waals surface area contributed by atoms with Crippen LogP contribution in [0.4, 0.5) is 0 Å². The van der Waals surface area contributed by atoms with Crippen molar-refractivity contribution in [3.05, 3.63) is 0 Å². The first kappa shape index (κ1) is 17.0. The molecule has 0 radical (unpaired) electrons. The lowest BCUT2D eigenvalue weighted by Gasteiger charge is -2.45. The lowest BCUT2D eigenvalue weighted by Crippen LogP contribution is -2.52. The fraction of sp³-hybridized carbons (Fsp3) is 0.938. The fourth-order valence-electron chi connectivity index (χ4n) is 4.42. The Morgan fingerprint density at radius 3 is 2.57 bits per heavy atom. The van der Waals surface area contributed by atoms with Gasteiger partial charge in [0, 0.05) is 25.0 Å². The van der Waals surface area contributed by atoms with Gasteiger partial charge in [0.2, 0.25) is 5.91 Å². The second-order valence-corrected chi connectivity index (χ2v) is 6.88. The Morgan fingerprint density at radius 2 is 1.95 bits per heavy atom. The molecular formula is C16H29ClN2O2. The second-order valence-electron chi connectivity index (χ2n) is 6.88. The molecule has 21 heavy (non-hydrogen) atoms. The predicted octanol–water partition coefficient (Wildman–Crippen LogP) is 2.20. The summed E-state index contributed by atoms with van der Waals surface area (Å²) in [5, 5.41) is 0. The molecule has 1 aliphatic heterocycles. The van der Waals surface area contributed by atoms with Gasteiger partial charge in [-0.2, -0.15) is 0 Å². The Morgan fingerprint density at radius 1 is 1.29 bits per heavy atom. The number of hydrogen-bond donors (Lipinski definition) is 1. The smallest absolute Gasteiger partial charge is 0.225 e. The van der Waals surface area contributed by atoms with Crippen LogP contribution in [-0.4, -0.2) is 42.6 Å². The Bertz CT molecular complexity index is 352. The first-order valence-electron chi connectivity index (χ1n) is 8.35. The van der Waals surface area contributed by atoms with Gasteiger partial charge in [-0.05, 0) is 43.9 Å². The molecule has 3 rings (SSSR count). The highest BCUT2D eigenvalue weighted by atomic mass is 35.5. The van der Waals surface area contributed by atoms with Crippen molar-refractivity contribution in [3.63, 3.8) is 0 Å². The van der Waals surface area contributed by atoms with Crippen molar-refractivity contribution in [2.45, 2.75) is 57.6 Å². The van der Waals surface area contributed by atoms with Crippen LogP contribution in [0.2, 0.25) is 0 Å². The summed E-state index contributed by atoms with van der Waals surface area (Å²) in [5.41, 5.74) is 6.32. The van der Waals surface area contributed by atoms with Crippen LogP contribution in [0.15, 0.2) is 0 Å². The van der Waals surface area contributed by atoms with Gasteiger partial charge in [0.1, 0.15) is 0 Å². The van der Waals surface area contributed by atoms with Crippen LogP contribution in [-0.2, 0) is 9.53 Å². The maximum Gasteiger partial charge on any atom is 0.225 e. The summed E-state index contributed by atoms with van der Waals surface area (Å²) >= 11 is 0. The zero-order chi connectivity index (χ0) is 14.1. The summed E-state index contributed by atoms with van der Waals surface area (Å²) in [6.45, 7) is 4.38. The number of hydrogen-bond acceptors (Lipinski definition) is 3. The number of rotatable bonds is 2. The number of nitrogens with zero attached hydrogens (tertiary/aromatic N) is 1. The molecule has 1 heterocycles. The molecule has 0 aromatic heterocycles. The average Bonchev–Trinajstić information content (AvgIpc) is 2.46. The van der Waals surface area contributed by atoms with E-state index < -0.39 is 0 Å². The average molecular weight is 317 g/mol. The first-order valence-corrected chi connectivity index (χ1v) is 8.35. The first-order chi connectivity index (χ1) is 9.69. The van der Waals surface area contributed by atoms with Gasteiger partial charge in [0.25, 0.3) is 0 Å². The number of halogens is 1. The van der Waals surface area contributed by atoms with Crippen molar-refractivity contribution in [1.82, 2.24) is 4.90 Å². The van der Waals surface area contributed by atoms with Gasteiger partial charge < -0.3 is 15.4 Å². The number of nitrogens with two attached hydrogens (primary N) is 1. The van der Waals surface area contributed by atoms with Crippen molar-refractivity contribution >= 4 is 18.3 Å². The zero-order valence-electron chi connectivity index (χ0n) is 13.0. The molecule has 2 bridgehead atoms. The number of morpholine rings is 1. The van der Waals surface area contributed by atoms with Crippen molar-refractivity contribution < 1.29 is 9.53 Å². The molecule has 2 N–H and O–H groups in total. The maximum atomic E-state index is 12.8. The number of fused-ring (bicyclic) bond motifs is 2. The van der Waals surface area contributed by atoms with Crippen molar-refractivity contribution in [3.8, 4) is 0 Å². The minimum Gasteiger partial charge on any atom is -0.375 e. The van der Waals surface area contributed by atoms with E-state index in [1.165, 1.54) is 19.3 Å². The highest BCUT2D eigenvalue weighted by Crippen LogP contribution is 2.42. The minimum atomic E-state index is 0. The topological polar surface area (TPSA) is 55.6 Å². The third-order valence-corrected chi connectivity index (χ3v) is 5.67. The molecule has 3 unspecified atom stereocenters. The lowest BCUT2D eigenvalue weighted by molar-refractivity contribution is -0.146. The van der Waals surface area contributed by atoms with E-state index in [4.69, 9.17) is 10.5 Å². The van der Waals surface area contributed by atoms with Crippen LogP contribution >= 0.6 is 12.4 Å². The zero-order valence-corrected chi connectivity index (χ0v) is 13.8. The van der Waals surface area contributed by atoms with E-state index >= 15 is 0 Å². The van der Waals surface area contributed by atoms with Gasteiger partial charge in [0.15, 0.2) is 0 Å². The van der Waals surface area contributed by atoms with Crippen molar-refractivity contribution in [2.24, 2.45) is 23.5 Å². The van der Waals surface area contributed by atoms with Crippen LogP contribution < -0.4 is 5.73 Å². The van der Waals surface area contributed by atoms with Gasteiger partial charge in [-0.15, -0.1) is 12.4 Å². The van der Waals surface area contributed by atoms with Crippen LogP contribution in [0.1, 0.15) is 45.4 Å². The van der Waals surface area contributed by atoms with Crippen LogP contribution in [0, 0.1) is 17.8 Å². The largest absolute Gasteiger partial charge is 0.375 e. The molecule has 0 aromatic rings. The molecule has 2 aliphatic carbocycles. The van der Waals surface area contributed by atoms with Crippen molar-refractivity contribution in [1.29, 1.82) is 0 Å². The summed E-state index contributed by atoms with van der Waals surface area (Å²) in [4.78, 5) is 14.8. The molecule has 122 valence electrons. The Balaban J connectivity index is 0.00000161. The molecule has 4 nitrogen and oxygen atoms in total. The monoisotopic (exact) mass is 316 g/mol. The van der Waals surface area contributed by atoms with E-state index in [1.54, 1.807) is 0 Å². The Hall–Kier alpha value is -0.320. The van der Waals surface area contributed by atoms with Gasteiger partial charge >= 0.3 is 0 Å². The minimum absolute atomic E-state index is 0. The van der Waals surface area contributed by atoms with Crippen LogP contribution in [0.5, 0.6) is 0 Å². The molecule has 3 fully saturated rings. The molecule has 0 spiro atoms. The molecule has 5 heteroatoms. The number of ether oxygens (including phenoxy) is 1. The molecule has 1 saturated heterocycles. The quantitative estimate of drug-likeness (QED) is 0.849. The normalized spacial score (nSPS) is 39.5. The van der Waals surface area contributed by atoms with E-state index in [0.717, 1.165) is 32.4 Å². The molecule has 0 aromatic carbocycles. The summed E-state index contributed by atoms with van der Waals surface area (Å²) < 4.78 is 5.67. The number of carbonyl (C=O) groups excluding carboxylic acids is 1. The highest BCUT2D eigenvalue weighted by Gasteiger charge is 2.42. The van der Waals surface area contributed by atoms with E-state index in [2.05, 4.69) is 11.8 Å². The summed E-state index contributed by atoms with van der Waals surface area (Å²) in [6.07, 6.45) is 7.02. The highest BCUT2D eigenvalue weighted by molar-refractivity contribution is 5.85. The Labute approximate surface area is 134 Å². The molecule has 3 aliphatic rings. The molecule has 1 amide bonds. The van der Waals surface area contributed by atoms with E-state index in [1.807, 2.05) is 0 Å². The third kappa shape index (κ3) is 3.54. The van der Waals surface area contributed by atoms with Gasteiger partial charge in [-0.1, -0.05) is 13.3 Å². The molecular weight excluding hydrogens is 288 g/mol. The predicted molar refractivity (Wildman–Crippen MR) is 85.4 cm³/mol. The molecule has 2 saturated carbocycles. The number of carbonyl (C=O) groups is 1. The van der Waals surface area contributed by atoms with E-state index in [-0.39, 0.29) is 24.4 Å². The summed E-state index contributed by atoms with van der Waals surface area (Å²) in [7, 11) is 0. The Kier molecular flexibility index (Phi) is 5.92. The van der Waals surface area contributed by atoms with Crippen molar-refractivity contribution in [2.75, 3.05) is 19.7 Å². The lowest BCUT2D eigenvalue weighted by atomic mass is 9.65.